The van der Waals surface area contributed by atoms with Gasteiger partial charge in [-0.1, -0.05) is 5.11 Å². The zero-order valence-electron chi connectivity index (χ0n) is 10.3. The molecule has 1 fully saturated rings. The van der Waals surface area contributed by atoms with Gasteiger partial charge in [0.2, 0.25) is 0 Å². The molecule has 102 valence electrons. The Morgan fingerprint density at radius 2 is 2.44 bits per heavy atom. The number of nitrogens with one attached hydrogen (secondary N) is 1. The smallest absolute Gasteiger partial charge is 0.329 e. The second kappa shape index (κ2) is 8.71. The quantitative estimate of drug-likeness (QED) is 0.263. The van der Waals surface area contributed by atoms with E-state index in [0.717, 1.165) is 32.6 Å². The van der Waals surface area contributed by atoms with Crippen LogP contribution in [0.15, 0.2) is 5.11 Å². The molecule has 0 spiro atoms. The summed E-state index contributed by atoms with van der Waals surface area (Å²) >= 11 is 0. The van der Waals surface area contributed by atoms with Gasteiger partial charge >= 0.3 is 5.97 Å². The number of nitrogens with zero attached hydrogens (tertiary/aromatic N) is 4. The zero-order valence-corrected chi connectivity index (χ0v) is 10.3. The fourth-order valence-electron chi connectivity index (χ4n) is 1.85. The molecule has 0 bridgehead atoms. The van der Waals surface area contributed by atoms with Crippen LogP contribution in [0.5, 0.6) is 0 Å². The van der Waals surface area contributed by atoms with Crippen LogP contribution in [0.4, 0.5) is 0 Å². The first-order valence-corrected chi connectivity index (χ1v) is 5.99. The van der Waals surface area contributed by atoms with Crippen molar-refractivity contribution in [2.24, 2.45) is 5.11 Å². The van der Waals surface area contributed by atoms with E-state index in [9.17, 15) is 4.79 Å². The van der Waals surface area contributed by atoms with Gasteiger partial charge in [0.1, 0.15) is 6.61 Å². The lowest BCUT2D eigenvalue weighted by molar-refractivity contribution is -0.142. The van der Waals surface area contributed by atoms with Gasteiger partial charge in [-0.3, -0.25) is 0 Å². The van der Waals surface area contributed by atoms with E-state index in [-0.39, 0.29) is 12.6 Å². The van der Waals surface area contributed by atoms with Crippen LogP contribution in [0.1, 0.15) is 6.42 Å². The number of ether oxygens (including phenoxy) is 1. The number of aliphatic carboxylic acids is 1. The van der Waals surface area contributed by atoms with Crippen molar-refractivity contribution in [1.82, 2.24) is 10.2 Å². The highest BCUT2D eigenvalue weighted by atomic mass is 16.5. The Bertz CT molecular complexity index is 306. The molecule has 8 heteroatoms. The van der Waals surface area contributed by atoms with Gasteiger partial charge in [0.25, 0.3) is 0 Å². The summed E-state index contributed by atoms with van der Waals surface area (Å²) in [6, 6.07) is 0.105. The molecule has 2 N–H and O–H groups in total. The molecule has 1 aliphatic rings. The van der Waals surface area contributed by atoms with Crippen molar-refractivity contribution < 1.29 is 14.6 Å². The molecule has 1 aliphatic heterocycles. The average molecular weight is 257 g/mol. The normalized spacial score (nSPS) is 19.7. The second-order valence-corrected chi connectivity index (χ2v) is 4.14. The largest absolute Gasteiger partial charge is 0.480 e. The Morgan fingerprint density at radius 1 is 1.61 bits per heavy atom. The predicted molar refractivity (Wildman–Crippen MR) is 65.3 cm³/mol. The number of hydrogen-bond acceptors (Lipinski definition) is 5. The van der Waals surface area contributed by atoms with E-state index < -0.39 is 5.97 Å². The first-order valence-electron chi connectivity index (χ1n) is 5.99. The summed E-state index contributed by atoms with van der Waals surface area (Å²) in [5.41, 5.74) is 8.32. The van der Waals surface area contributed by atoms with Crippen molar-refractivity contribution in [1.29, 1.82) is 0 Å². The van der Waals surface area contributed by atoms with Crippen molar-refractivity contribution in [2.75, 3.05) is 45.9 Å². The molecule has 0 radical (unpaired) electrons. The van der Waals surface area contributed by atoms with E-state index in [0.29, 0.717) is 13.2 Å². The van der Waals surface area contributed by atoms with E-state index in [2.05, 4.69) is 20.2 Å². The molecule has 8 nitrogen and oxygen atoms in total. The topological polar surface area (TPSA) is 111 Å². The number of carbonyl (C=O) groups is 1. The second-order valence-electron chi connectivity index (χ2n) is 4.14. The third-order valence-electron chi connectivity index (χ3n) is 2.72. The Kier molecular flexibility index (Phi) is 7.12. The summed E-state index contributed by atoms with van der Waals surface area (Å²) in [6.45, 7) is 4.29. The van der Waals surface area contributed by atoms with Crippen LogP contribution < -0.4 is 5.32 Å². The highest BCUT2D eigenvalue weighted by Gasteiger charge is 2.20. The summed E-state index contributed by atoms with van der Waals surface area (Å²) in [5, 5.41) is 15.2. The van der Waals surface area contributed by atoms with Crippen LogP contribution in [0, 0.1) is 0 Å². The van der Waals surface area contributed by atoms with E-state index in [4.69, 9.17) is 15.4 Å². The van der Waals surface area contributed by atoms with Crippen LogP contribution in [0.25, 0.3) is 10.4 Å². The lowest BCUT2D eigenvalue weighted by Gasteiger charge is -2.15. The molecule has 0 amide bonds. The minimum Gasteiger partial charge on any atom is -0.480 e. The van der Waals surface area contributed by atoms with Crippen LogP contribution in [-0.2, 0) is 9.53 Å². The maximum absolute atomic E-state index is 10.2. The monoisotopic (exact) mass is 257 g/mol. The minimum absolute atomic E-state index is 0.105. The predicted octanol–water partition coefficient (Wildman–Crippen LogP) is 0.0618. The third-order valence-corrected chi connectivity index (χ3v) is 2.72. The van der Waals surface area contributed by atoms with E-state index in [1.54, 1.807) is 0 Å². The fraction of sp³-hybridized carbons (Fsp3) is 0.900. The van der Waals surface area contributed by atoms with Crippen molar-refractivity contribution >= 4 is 5.97 Å². The van der Waals surface area contributed by atoms with Gasteiger partial charge in [0, 0.05) is 31.1 Å². The van der Waals surface area contributed by atoms with Crippen LogP contribution in [0.2, 0.25) is 0 Å². The Hall–Kier alpha value is -1.34. The van der Waals surface area contributed by atoms with Crippen LogP contribution in [0.3, 0.4) is 0 Å². The number of carboxylic acid groups (broad SMARTS) is 1. The van der Waals surface area contributed by atoms with Gasteiger partial charge < -0.3 is 20.1 Å². The number of likely N-dealkylation sites (tertiary alicyclic amines) is 1. The molecule has 0 saturated carbocycles. The lowest BCUT2D eigenvalue weighted by Crippen LogP contribution is -2.32. The maximum atomic E-state index is 10.2. The number of rotatable bonds is 9. The summed E-state index contributed by atoms with van der Waals surface area (Å²) in [6.07, 6.45) is 0.922. The standard InChI is InChI=1S/C10H19N5O3/c11-14-13-9-1-4-15(7-9)5-2-12-3-6-18-8-10(16)17/h9,12H,1-8H2,(H,16,17). The number of azide groups is 1. The van der Waals surface area contributed by atoms with Crippen LogP contribution in [-0.4, -0.2) is 68.0 Å². The van der Waals surface area contributed by atoms with E-state index >= 15 is 0 Å². The summed E-state index contributed by atoms with van der Waals surface area (Å²) in [7, 11) is 0. The number of hydrogen-bond donors (Lipinski definition) is 2. The van der Waals surface area contributed by atoms with Crippen molar-refractivity contribution in [3.8, 4) is 0 Å². The Morgan fingerprint density at radius 3 is 3.17 bits per heavy atom. The molecule has 18 heavy (non-hydrogen) atoms. The van der Waals surface area contributed by atoms with Crippen molar-refractivity contribution in [3.05, 3.63) is 10.4 Å². The molecule has 0 aromatic heterocycles. The summed E-state index contributed by atoms with van der Waals surface area (Å²) in [5.74, 6) is -0.948. The molecule has 0 aromatic rings. The molecule has 1 atom stereocenters. The van der Waals surface area contributed by atoms with E-state index in [1.807, 2.05) is 0 Å². The average Bonchev–Trinajstić information content (AvgIpc) is 2.76. The molecule has 1 saturated heterocycles. The molecule has 0 aromatic carbocycles. The van der Waals surface area contributed by atoms with Gasteiger partial charge in [-0.25, -0.2) is 4.79 Å². The van der Waals surface area contributed by atoms with Gasteiger partial charge in [-0.15, -0.1) is 0 Å². The third kappa shape index (κ3) is 6.41. The highest BCUT2D eigenvalue weighted by molar-refractivity contribution is 5.67. The lowest BCUT2D eigenvalue weighted by atomic mass is 10.3. The molecule has 0 aliphatic carbocycles. The van der Waals surface area contributed by atoms with Gasteiger partial charge in [0.05, 0.1) is 12.6 Å². The Balaban J connectivity index is 1.92. The van der Waals surface area contributed by atoms with Crippen LogP contribution >= 0.6 is 0 Å². The van der Waals surface area contributed by atoms with Gasteiger partial charge in [-0.05, 0) is 18.5 Å². The van der Waals surface area contributed by atoms with Gasteiger partial charge in [0.15, 0.2) is 0 Å². The van der Waals surface area contributed by atoms with Gasteiger partial charge in [-0.2, -0.15) is 0 Å². The molecular formula is C10H19N5O3. The molecular weight excluding hydrogens is 238 g/mol. The Labute approximate surface area is 106 Å². The van der Waals surface area contributed by atoms with E-state index in [1.165, 1.54) is 0 Å². The highest BCUT2D eigenvalue weighted by Crippen LogP contribution is 2.11. The van der Waals surface area contributed by atoms with Crippen molar-refractivity contribution in [2.45, 2.75) is 12.5 Å². The molecule has 1 rings (SSSR count). The SMILES string of the molecule is [N-]=[N+]=NC1CCN(CCNCCOCC(=O)O)C1. The zero-order chi connectivity index (χ0) is 13.2. The van der Waals surface area contributed by atoms with Crippen molar-refractivity contribution in [3.63, 3.8) is 0 Å². The first-order chi connectivity index (χ1) is 8.72. The summed E-state index contributed by atoms with van der Waals surface area (Å²) < 4.78 is 4.89. The summed E-state index contributed by atoms with van der Waals surface area (Å²) in [4.78, 5) is 15.2. The first kappa shape index (κ1) is 14.7. The molecule has 1 heterocycles. The minimum atomic E-state index is -0.948. The molecule has 1 unspecified atom stereocenters. The fourth-order valence-corrected chi connectivity index (χ4v) is 1.85. The maximum Gasteiger partial charge on any atom is 0.329 e. The number of carboxylic acids is 1.